The van der Waals surface area contributed by atoms with E-state index in [0.29, 0.717) is 17.7 Å². The Bertz CT molecular complexity index is 998. The van der Waals surface area contributed by atoms with Gasteiger partial charge in [0, 0.05) is 12.5 Å². The minimum atomic E-state index is -0.655. The topological polar surface area (TPSA) is 74.2 Å². The summed E-state index contributed by atoms with van der Waals surface area (Å²) >= 11 is 6.20. The molecule has 6 nitrogen and oxygen atoms in total. The molecule has 0 bridgehead atoms. The first-order valence-corrected chi connectivity index (χ1v) is 8.68. The van der Waals surface area contributed by atoms with Crippen LogP contribution in [-0.4, -0.2) is 24.4 Å². The van der Waals surface area contributed by atoms with Crippen LogP contribution in [-0.2, 0) is 14.3 Å². The number of halogens is 2. The molecule has 0 aromatic heterocycles. The highest BCUT2D eigenvalue weighted by atomic mass is 35.5. The van der Waals surface area contributed by atoms with Crippen molar-refractivity contribution in [3.05, 3.63) is 64.1 Å². The van der Waals surface area contributed by atoms with E-state index < -0.39 is 17.8 Å². The van der Waals surface area contributed by atoms with E-state index in [1.54, 1.807) is 13.0 Å². The predicted octanol–water partition coefficient (Wildman–Crippen LogP) is 4.15. The molecule has 0 N–H and O–H groups in total. The maximum absolute atomic E-state index is 13.1. The lowest BCUT2D eigenvalue weighted by Gasteiger charge is -2.12. The predicted molar refractivity (Wildman–Crippen MR) is 101 cm³/mol. The zero-order chi connectivity index (χ0) is 20.3. The molecule has 0 aliphatic carbocycles. The second-order valence-corrected chi connectivity index (χ2v) is 6.11. The number of carbonyl (C=O) groups excluding carboxylic acids is 2. The van der Waals surface area contributed by atoms with Gasteiger partial charge in [-0.25, -0.2) is 14.2 Å². The maximum atomic E-state index is 13.1. The lowest BCUT2D eigenvalue weighted by atomic mass is 10.1. The van der Waals surface area contributed by atoms with E-state index in [1.165, 1.54) is 43.3 Å². The third kappa shape index (κ3) is 4.37. The molecule has 8 heteroatoms. The van der Waals surface area contributed by atoms with Crippen LogP contribution in [0.25, 0.3) is 6.08 Å². The molecule has 1 aliphatic heterocycles. The Balaban J connectivity index is 1.96. The second-order valence-electron chi connectivity index (χ2n) is 5.70. The summed E-state index contributed by atoms with van der Waals surface area (Å²) in [5.41, 5.74) is 1.01. The molecule has 1 aliphatic rings. The van der Waals surface area contributed by atoms with Crippen molar-refractivity contribution in [1.82, 2.24) is 0 Å². The molecule has 0 saturated heterocycles. The third-order valence-corrected chi connectivity index (χ3v) is 3.87. The van der Waals surface area contributed by atoms with Gasteiger partial charge in [0.25, 0.3) is 0 Å². The Morgan fingerprint density at radius 1 is 1.29 bits per heavy atom. The molecule has 0 atom stereocenters. The third-order valence-electron chi connectivity index (χ3n) is 3.59. The maximum Gasteiger partial charge on any atom is 0.363 e. The van der Waals surface area contributed by atoms with Gasteiger partial charge in [-0.2, -0.15) is 0 Å². The summed E-state index contributed by atoms with van der Waals surface area (Å²) in [6.07, 6.45) is 1.46. The molecule has 0 unspecified atom stereocenters. The van der Waals surface area contributed by atoms with E-state index in [9.17, 15) is 14.0 Å². The number of carbonyl (C=O) groups is 2. The molecule has 0 radical (unpaired) electrons. The number of hydrogen-bond acceptors (Lipinski definition) is 6. The van der Waals surface area contributed by atoms with Gasteiger partial charge in [0.15, 0.2) is 17.2 Å². The molecule has 0 saturated carbocycles. The quantitative estimate of drug-likeness (QED) is 0.426. The van der Waals surface area contributed by atoms with Crippen molar-refractivity contribution < 1.29 is 28.2 Å². The first kappa shape index (κ1) is 19.6. The fourth-order valence-corrected chi connectivity index (χ4v) is 2.72. The Kier molecular flexibility index (Phi) is 5.75. The van der Waals surface area contributed by atoms with E-state index >= 15 is 0 Å². The van der Waals surface area contributed by atoms with Crippen molar-refractivity contribution in [2.75, 3.05) is 6.61 Å². The minimum Gasteiger partial charge on any atom is -0.490 e. The molecule has 0 fully saturated rings. The van der Waals surface area contributed by atoms with E-state index in [1.807, 2.05) is 0 Å². The Hall–Kier alpha value is -3.19. The second kappa shape index (κ2) is 8.22. The van der Waals surface area contributed by atoms with Crippen molar-refractivity contribution >= 4 is 35.5 Å². The molecular formula is C20H15ClFNO5. The van der Waals surface area contributed by atoms with Crippen LogP contribution in [0.4, 0.5) is 4.39 Å². The van der Waals surface area contributed by atoms with Crippen molar-refractivity contribution in [3.8, 4) is 11.5 Å². The van der Waals surface area contributed by atoms with E-state index in [4.69, 9.17) is 25.8 Å². The van der Waals surface area contributed by atoms with Crippen molar-refractivity contribution in [1.29, 1.82) is 0 Å². The lowest BCUT2D eigenvalue weighted by molar-refractivity contribution is -0.132. The Morgan fingerprint density at radius 2 is 2.00 bits per heavy atom. The fraction of sp³-hybridized carbons (Fsp3) is 0.150. The SMILES string of the molecule is CCOc1cc(/C=C2/N=C(c3ccc(F)cc3)OC2=O)cc(Cl)c1OC(C)=O. The van der Waals surface area contributed by atoms with Crippen molar-refractivity contribution in [2.45, 2.75) is 13.8 Å². The van der Waals surface area contributed by atoms with Crippen LogP contribution in [0, 0.1) is 5.82 Å². The van der Waals surface area contributed by atoms with Crippen LogP contribution in [0.15, 0.2) is 47.1 Å². The number of benzene rings is 2. The number of rotatable bonds is 5. The van der Waals surface area contributed by atoms with Crippen LogP contribution >= 0.6 is 11.6 Å². The summed E-state index contributed by atoms with van der Waals surface area (Å²) in [6, 6.07) is 8.49. The minimum absolute atomic E-state index is 0.0399. The number of aliphatic imine (C=N–C) groups is 1. The van der Waals surface area contributed by atoms with E-state index in [-0.39, 0.29) is 28.1 Å². The van der Waals surface area contributed by atoms with Gasteiger partial charge in [-0.15, -0.1) is 0 Å². The molecule has 3 rings (SSSR count). The van der Waals surface area contributed by atoms with Gasteiger partial charge in [0.05, 0.1) is 11.6 Å². The van der Waals surface area contributed by atoms with Crippen molar-refractivity contribution in [3.63, 3.8) is 0 Å². The summed E-state index contributed by atoms with van der Waals surface area (Å²) in [5, 5.41) is 0.141. The van der Waals surface area contributed by atoms with Gasteiger partial charge in [-0.05, 0) is 55.0 Å². The van der Waals surface area contributed by atoms with Gasteiger partial charge in [0.2, 0.25) is 5.90 Å². The van der Waals surface area contributed by atoms with Crippen molar-refractivity contribution in [2.24, 2.45) is 4.99 Å². The summed E-state index contributed by atoms with van der Waals surface area (Å²) in [7, 11) is 0. The van der Waals surface area contributed by atoms with Crippen LogP contribution in [0.2, 0.25) is 5.02 Å². The first-order valence-electron chi connectivity index (χ1n) is 8.30. The highest BCUT2D eigenvalue weighted by Gasteiger charge is 2.24. The van der Waals surface area contributed by atoms with Gasteiger partial charge >= 0.3 is 11.9 Å². The van der Waals surface area contributed by atoms with Gasteiger partial charge in [-0.3, -0.25) is 4.79 Å². The summed E-state index contributed by atoms with van der Waals surface area (Å²) < 4.78 is 28.8. The smallest absolute Gasteiger partial charge is 0.363 e. The Morgan fingerprint density at radius 3 is 2.64 bits per heavy atom. The molecule has 28 heavy (non-hydrogen) atoms. The highest BCUT2D eigenvalue weighted by molar-refractivity contribution is 6.32. The zero-order valence-electron chi connectivity index (χ0n) is 15.0. The van der Waals surface area contributed by atoms with Crippen LogP contribution in [0.1, 0.15) is 25.0 Å². The molecule has 1 heterocycles. The largest absolute Gasteiger partial charge is 0.490 e. The normalized spacial score (nSPS) is 14.6. The summed E-state index contributed by atoms with van der Waals surface area (Å²) in [5.74, 6) is -1.17. The van der Waals surface area contributed by atoms with Gasteiger partial charge in [0.1, 0.15) is 5.82 Å². The van der Waals surface area contributed by atoms with Crippen LogP contribution in [0.3, 0.4) is 0 Å². The average Bonchev–Trinajstić information content (AvgIpc) is 2.99. The standard InChI is InChI=1S/C20H15ClFNO5/c1-3-26-17-10-12(8-15(21)18(17)27-11(2)24)9-16-20(25)28-19(23-16)13-4-6-14(22)7-5-13/h4-10H,3H2,1-2H3/b16-9+. The van der Waals surface area contributed by atoms with Crippen LogP contribution in [0.5, 0.6) is 11.5 Å². The average molecular weight is 404 g/mol. The number of cyclic esters (lactones) is 1. The van der Waals surface area contributed by atoms with Crippen LogP contribution < -0.4 is 9.47 Å². The number of ether oxygens (including phenoxy) is 3. The monoisotopic (exact) mass is 403 g/mol. The number of esters is 2. The zero-order valence-corrected chi connectivity index (χ0v) is 15.7. The first-order chi connectivity index (χ1) is 13.4. The molecule has 144 valence electrons. The fourth-order valence-electron chi connectivity index (χ4n) is 2.46. The number of nitrogens with zero attached hydrogens (tertiary/aromatic N) is 1. The van der Waals surface area contributed by atoms with Gasteiger partial charge < -0.3 is 14.2 Å². The lowest BCUT2D eigenvalue weighted by Crippen LogP contribution is -2.05. The van der Waals surface area contributed by atoms with Gasteiger partial charge in [-0.1, -0.05) is 11.6 Å². The summed E-state index contributed by atoms with van der Waals surface area (Å²) in [4.78, 5) is 27.5. The van der Waals surface area contributed by atoms with E-state index in [0.717, 1.165) is 0 Å². The van der Waals surface area contributed by atoms with E-state index in [2.05, 4.69) is 4.99 Å². The highest BCUT2D eigenvalue weighted by Crippen LogP contribution is 2.37. The molecule has 2 aromatic rings. The molecule has 0 spiro atoms. The molecule has 2 aromatic carbocycles. The Labute approximate surface area is 165 Å². The summed E-state index contributed by atoms with van der Waals surface area (Å²) in [6.45, 7) is 3.34. The molecule has 0 amide bonds. The number of hydrogen-bond donors (Lipinski definition) is 0. The molecular weight excluding hydrogens is 389 g/mol.